The van der Waals surface area contributed by atoms with Gasteiger partial charge in [0.15, 0.2) is 0 Å². The Bertz CT molecular complexity index is 199. The number of carbonyl (C=O) groups is 1. The molecule has 70 valence electrons. The predicted molar refractivity (Wildman–Crippen MR) is 61.5 cm³/mol. The number of thiol groups is 1. The summed E-state index contributed by atoms with van der Waals surface area (Å²) in [5.74, 6) is 0. The van der Waals surface area contributed by atoms with Gasteiger partial charge in [0.1, 0.15) is 6.79 Å². The van der Waals surface area contributed by atoms with Crippen LogP contribution < -0.4 is 70.6 Å². The van der Waals surface area contributed by atoms with Gasteiger partial charge in [-0.1, -0.05) is 6.07 Å². The fraction of sp³-hybridized carbons (Fsp3) is 0. The average Bonchev–Trinajstić information content (AvgIpc) is 1.91. The van der Waals surface area contributed by atoms with Gasteiger partial charge in [0.25, 0.3) is 0 Å². The van der Waals surface area contributed by atoms with Crippen molar-refractivity contribution >= 4 is 45.2 Å². The van der Waals surface area contributed by atoms with Crippen LogP contribution in [0.25, 0.3) is 0 Å². The summed E-state index contributed by atoms with van der Waals surface area (Å²) in [6, 6.07) is 7.15. The van der Waals surface area contributed by atoms with Crippen molar-refractivity contribution in [2.24, 2.45) is 0 Å². The molecule has 0 fully saturated rings. The Morgan fingerprint density at radius 2 is 1.29 bits per heavy atom. The molecule has 0 heterocycles. The number of rotatable bonds is 0. The summed E-state index contributed by atoms with van der Waals surface area (Å²) in [7, 11) is 0. The zero-order chi connectivity index (χ0) is 7.98. The van der Waals surface area contributed by atoms with Crippen LogP contribution in [-0.2, 0) is 18.3 Å². The molecule has 4 N–H and O–H groups in total. The topological polar surface area (TPSA) is 69.1 Å². The number of anilines is 2. The molecule has 1 rings (SSSR count). The van der Waals surface area contributed by atoms with Crippen molar-refractivity contribution in [1.82, 2.24) is 0 Å². The minimum atomic E-state index is 0. The van der Waals surface area contributed by atoms with Gasteiger partial charge in [-0.05, 0) is 18.2 Å². The Hall–Kier alpha value is 1.19. The van der Waals surface area contributed by atoms with Crippen molar-refractivity contribution in [2.75, 3.05) is 11.5 Å². The minimum absolute atomic E-state index is 0. The molecule has 1 aromatic carbocycles. The second kappa shape index (κ2) is 19.7. The summed E-state index contributed by atoms with van der Waals surface area (Å²) >= 11 is 0. The molecule has 7 heteroatoms. The zero-order valence-electron chi connectivity index (χ0n) is 8.53. The molecule has 0 saturated carbocycles. The number of nitrogens with two attached hydrogens (primary N) is 2. The number of nitrogen functional groups attached to an aromatic ring is 2. The number of benzene rings is 1. The molecule has 0 aliphatic heterocycles. The minimum Gasteiger partial charge on any atom is -0.813 e. The molecule has 0 bridgehead atoms. The molecule has 3 nitrogen and oxygen atoms in total. The van der Waals surface area contributed by atoms with E-state index in [4.69, 9.17) is 16.3 Å². The Kier molecular flexibility index (Phi) is 41.5. The van der Waals surface area contributed by atoms with Crippen molar-refractivity contribution in [3.8, 4) is 0 Å². The molecule has 1 aromatic rings. The van der Waals surface area contributed by atoms with Gasteiger partial charge in [0, 0.05) is 11.4 Å². The van der Waals surface area contributed by atoms with Crippen LogP contribution >= 0.6 is 13.5 Å². The Balaban J connectivity index is -0.0000000425. The molecule has 0 aliphatic carbocycles. The summed E-state index contributed by atoms with van der Waals surface area (Å²) in [5.41, 5.74) is 12.2. The maximum atomic E-state index is 8.00. The third-order valence-electron chi connectivity index (χ3n) is 0.911. The van der Waals surface area contributed by atoms with Gasteiger partial charge in [0.05, 0.1) is 0 Å². The van der Waals surface area contributed by atoms with E-state index in [0.29, 0.717) is 11.4 Å². The van der Waals surface area contributed by atoms with E-state index in [-0.39, 0.29) is 86.1 Å². The van der Waals surface area contributed by atoms with E-state index in [1.165, 1.54) is 0 Å². The molecular weight excluding hydrogens is 238 g/mol. The summed E-state index contributed by atoms with van der Waals surface area (Å²) in [5, 5.41) is 0. The summed E-state index contributed by atoms with van der Waals surface area (Å²) < 4.78 is 0. The third kappa shape index (κ3) is 15.7. The molecule has 0 spiro atoms. The van der Waals surface area contributed by atoms with Crippen LogP contribution in [0.4, 0.5) is 11.4 Å². The standard InChI is InChI=1S/C6H8N2.CH2O.2Na.2H2S/c7-5-2-1-3-6(8)4-5;1-2;;;;/h1-4H,7-8H2;1H2;;;2*1H2/q;;2*+1;;/p-1. The first-order valence-electron chi connectivity index (χ1n) is 2.69. The number of hydrogen-bond donors (Lipinski definition) is 2. The van der Waals surface area contributed by atoms with Gasteiger partial charge in [-0.3, -0.25) is 0 Å². The van der Waals surface area contributed by atoms with Crippen molar-refractivity contribution in [3.63, 3.8) is 0 Å². The van der Waals surface area contributed by atoms with E-state index >= 15 is 0 Å². The van der Waals surface area contributed by atoms with Gasteiger partial charge >= 0.3 is 59.1 Å². The number of hydrogen-bond acceptors (Lipinski definition) is 4. The van der Waals surface area contributed by atoms with Crippen molar-refractivity contribution in [1.29, 1.82) is 0 Å². The molecule has 0 saturated heterocycles. The summed E-state index contributed by atoms with van der Waals surface area (Å²) in [6.45, 7) is 2.00. The first-order chi connectivity index (χ1) is 4.79. The second-order valence-electron chi connectivity index (χ2n) is 1.67. The first-order valence-corrected chi connectivity index (χ1v) is 2.69. The normalized spacial score (nSPS) is 5.43. The molecule has 0 aromatic heterocycles. The summed E-state index contributed by atoms with van der Waals surface area (Å²) in [4.78, 5) is 8.00. The molecule has 0 atom stereocenters. The van der Waals surface area contributed by atoms with Gasteiger partial charge in [-0.15, -0.1) is 0 Å². The van der Waals surface area contributed by atoms with Crippen LogP contribution in [0.5, 0.6) is 0 Å². The smallest absolute Gasteiger partial charge is 0.813 e. The molecular formula is C7H13N2Na2OS2+. The van der Waals surface area contributed by atoms with Crippen LogP contribution in [-0.4, -0.2) is 6.79 Å². The van der Waals surface area contributed by atoms with Gasteiger partial charge < -0.3 is 29.8 Å². The van der Waals surface area contributed by atoms with Crippen molar-refractivity contribution in [3.05, 3.63) is 24.3 Å². The molecule has 0 aliphatic rings. The van der Waals surface area contributed by atoms with Gasteiger partial charge in [-0.25, -0.2) is 0 Å². The predicted octanol–water partition coefficient (Wildman–Crippen LogP) is -5.48. The monoisotopic (exact) mass is 251 g/mol. The maximum absolute atomic E-state index is 8.00. The fourth-order valence-corrected chi connectivity index (χ4v) is 0.559. The van der Waals surface area contributed by atoms with Crippen LogP contribution in [0.15, 0.2) is 24.3 Å². The van der Waals surface area contributed by atoms with Crippen molar-refractivity contribution in [2.45, 2.75) is 0 Å². The van der Waals surface area contributed by atoms with Crippen molar-refractivity contribution < 1.29 is 63.9 Å². The van der Waals surface area contributed by atoms with Crippen LogP contribution in [0, 0.1) is 0 Å². The average molecular weight is 251 g/mol. The second-order valence-corrected chi connectivity index (χ2v) is 1.67. The quantitative estimate of drug-likeness (QED) is 0.209. The zero-order valence-corrected chi connectivity index (χ0v) is 14.4. The van der Waals surface area contributed by atoms with E-state index in [1.54, 1.807) is 18.2 Å². The van der Waals surface area contributed by atoms with E-state index in [9.17, 15) is 0 Å². The Morgan fingerprint density at radius 3 is 1.43 bits per heavy atom. The molecule has 0 amide bonds. The van der Waals surface area contributed by atoms with E-state index in [1.807, 2.05) is 12.9 Å². The molecule has 0 unspecified atom stereocenters. The van der Waals surface area contributed by atoms with Gasteiger partial charge in [0.2, 0.25) is 0 Å². The first kappa shape index (κ1) is 29.5. The maximum Gasteiger partial charge on any atom is 1.00 e. The molecule has 14 heavy (non-hydrogen) atoms. The van der Waals surface area contributed by atoms with Gasteiger partial charge in [-0.2, -0.15) is 13.5 Å². The van der Waals surface area contributed by atoms with Crippen LogP contribution in [0.1, 0.15) is 0 Å². The van der Waals surface area contributed by atoms with Crippen LogP contribution in [0.3, 0.4) is 0 Å². The number of carbonyl (C=O) groups excluding carboxylic acids is 1. The Morgan fingerprint density at radius 1 is 1.00 bits per heavy atom. The largest absolute Gasteiger partial charge is 1.00 e. The fourth-order valence-electron chi connectivity index (χ4n) is 0.559. The summed E-state index contributed by atoms with van der Waals surface area (Å²) in [6.07, 6.45) is 0. The van der Waals surface area contributed by atoms with Crippen LogP contribution in [0.2, 0.25) is 0 Å². The SMILES string of the molecule is C=O.Nc1cccc(N)c1.S.[Na+].[Na+].[SH-]. The van der Waals surface area contributed by atoms with E-state index in [2.05, 4.69) is 0 Å². The Labute approximate surface area is 143 Å². The van der Waals surface area contributed by atoms with E-state index < -0.39 is 0 Å². The van der Waals surface area contributed by atoms with E-state index in [0.717, 1.165) is 0 Å². The molecule has 0 radical (unpaired) electrons. The third-order valence-corrected chi connectivity index (χ3v) is 0.911.